The number of rotatable bonds is 2. The van der Waals surface area contributed by atoms with E-state index in [1.165, 1.54) is 11.1 Å². The molecule has 0 spiro atoms. The Bertz CT molecular complexity index is 358. The van der Waals surface area contributed by atoms with Gasteiger partial charge in [-0.2, -0.15) is 0 Å². The Morgan fingerprint density at radius 2 is 1.75 bits per heavy atom. The minimum atomic E-state index is 0.120. The Labute approximate surface area is 98.1 Å². The highest BCUT2D eigenvalue weighted by molar-refractivity contribution is 5.74. The lowest BCUT2D eigenvalue weighted by atomic mass is 9.99. The molecule has 16 heavy (non-hydrogen) atoms. The van der Waals surface area contributed by atoms with E-state index in [1.54, 1.807) is 0 Å². The first kappa shape index (κ1) is 12.7. The van der Waals surface area contributed by atoms with Crippen LogP contribution in [0.2, 0.25) is 0 Å². The van der Waals surface area contributed by atoms with Crippen LogP contribution in [-0.4, -0.2) is 5.11 Å². The van der Waals surface area contributed by atoms with Gasteiger partial charge >= 0.3 is 0 Å². The van der Waals surface area contributed by atoms with Gasteiger partial charge in [0, 0.05) is 0 Å². The SMILES string of the molecule is CC.OCc1ccc(C2=CCCC=C2)cc1. The molecule has 0 heterocycles. The van der Waals surface area contributed by atoms with Crippen LogP contribution in [0.1, 0.15) is 37.8 Å². The van der Waals surface area contributed by atoms with E-state index in [0.29, 0.717) is 0 Å². The second-order valence-electron chi connectivity index (χ2n) is 3.49. The summed E-state index contributed by atoms with van der Waals surface area (Å²) in [5.41, 5.74) is 3.49. The third-order valence-electron chi connectivity index (χ3n) is 2.46. The smallest absolute Gasteiger partial charge is 0.0681 e. The van der Waals surface area contributed by atoms with Crippen LogP contribution in [0.3, 0.4) is 0 Å². The van der Waals surface area contributed by atoms with Crippen molar-refractivity contribution in [1.29, 1.82) is 0 Å². The van der Waals surface area contributed by atoms with Gasteiger partial charge in [0.1, 0.15) is 0 Å². The van der Waals surface area contributed by atoms with Crippen molar-refractivity contribution in [2.75, 3.05) is 0 Å². The molecular weight excluding hydrogens is 196 g/mol. The average molecular weight is 216 g/mol. The first-order chi connectivity index (χ1) is 7.90. The van der Waals surface area contributed by atoms with E-state index in [4.69, 9.17) is 5.11 Å². The van der Waals surface area contributed by atoms with Crippen molar-refractivity contribution < 1.29 is 5.11 Å². The summed E-state index contributed by atoms with van der Waals surface area (Å²) < 4.78 is 0. The van der Waals surface area contributed by atoms with Crippen LogP contribution >= 0.6 is 0 Å². The quantitative estimate of drug-likeness (QED) is 0.794. The lowest BCUT2D eigenvalue weighted by Gasteiger charge is -2.07. The molecule has 0 unspecified atom stereocenters. The van der Waals surface area contributed by atoms with Crippen molar-refractivity contribution in [2.45, 2.75) is 33.3 Å². The molecule has 1 heteroatoms. The van der Waals surface area contributed by atoms with Gasteiger partial charge in [0.2, 0.25) is 0 Å². The zero-order chi connectivity index (χ0) is 11.8. The standard InChI is InChI=1S/C13H14O.C2H6/c14-10-11-6-8-13(9-7-11)12-4-2-1-3-5-12;1-2/h2,4-9,14H,1,3,10H2;1-2H3. The molecule has 0 amide bonds. The van der Waals surface area contributed by atoms with E-state index < -0.39 is 0 Å². The first-order valence-corrected chi connectivity index (χ1v) is 5.97. The fourth-order valence-electron chi connectivity index (χ4n) is 1.63. The Kier molecular flexibility index (Phi) is 5.58. The molecule has 0 radical (unpaired) electrons. The second kappa shape index (κ2) is 7.02. The Morgan fingerprint density at radius 1 is 1.06 bits per heavy atom. The molecule has 2 rings (SSSR count). The normalized spacial score (nSPS) is 13.8. The number of aliphatic hydroxyl groups is 1. The van der Waals surface area contributed by atoms with Crippen molar-refractivity contribution in [3.05, 3.63) is 53.6 Å². The van der Waals surface area contributed by atoms with E-state index in [0.717, 1.165) is 18.4 Å². The molecule has 1 nitrogen and oxygen atoms in total. The summed E-state index contributed by atoms with van der Waals surface area (Å²) in [6.07, 6.45) is 8.91. The van der Waals surface area contributed by atoms with Crippen LogP contribution in [0, 0.1) is 0 Å². The van der Waals surface area contributed by atoms with Crippen LogP contribution in [0.15, 0.2) is 42.5 Å². The minimum absolute atomic E-state index is 0.120. The van der Waals surface area contributed by atoms with E-state index in [-0.39, 0.29) is 6.61 Å². The number of benzene rings is 1. The fourth-order valence-corrected chi connectivity index (χ4v) is 1.63. The molecule has 0 atom stereocenters. The van der Waals surface area contributed by atoms with E-state index in [1.807, 2.05) is 26.0 Å². The van der Waals surface area contributed by atoms with Crippen LogP contribution in [-0.2, 0) is 6.61 Å². The molecule has 0 bridgehead atoms. The van der Waals surface area contributed by atoms with Crippen molar-refractivity contribution in [2.24, 2.45) is 0 Å². The van der Waals surface area contributed by atoms with Gasteiger partial charge in [0.05, 0.1) is 6.61 Å². The maximum atomic E-state index is 8.91. The predicted octanol–water partition coefficient (Wildman–Crippen LogP) is 3.94. The van der Waals surface area contributed by atoms with Gasteiger partial charge in [0.25, 0.3) is 0 Å². The van der Waals surface area contributed by atoms with Crippen LogP contribution < -0.4 is 0 Å². The molecule has 0 saturated carbocycles. The van der Waals surface area contributed by atoms with E-state index in [9.17, 15) is 0 Å². The average Bonchev–Trinajstić information content (AvgIpc) is 2.42. The molecule has 86 valence electrons. The molecule has 1 aromatic rings. The van der Waals surface area contributed by atoms with Gasteiger partial charge in [-0.1, -0.05) is 56.3 Å². The molecule has 1 aromatic carbocycles. The number of hydrogen-bond donors (Lipinski definition) is 1. The van der Waals surface area contributed by atoms with E-state index >= 15 is 0 Å². The second-order valence-corrected chi connectivity index (χ2v) is 3.49. The summed E-state index contributed by atoms with van der Waals surface area (Å²) >= 11 is 0. The lowest BCUT2D eigenvalue weighted by Crippen LogP contribution is -1.87. The van der Waals surface area contributed by atoms with Gasteiger partial charge in [0.15, 0.2) is 0 Å². The third-order valence-corrected chi connectivity index (χ3v) is 2.46. The van der Waals surface area contributed by atoms with Crippen molar-refractivity contribution >= 4 is 5.57 Å². The third kappa shape index (κ3) is 3.35. The van der Waals surface area contributed by atoms with Gasteiger partial charge < -0.3 is 5.11 Å². The minimum Gasteiger partial charge on any atom is -0.392 e. The first-order valence-electron chi connectivity index (χ1n) is 5.97. The molecule has 0 saturated heterocycles. The number of allylic oxidation sites excluding steroid dienone is 4. The highest BCUT2D eigenvalue weighted by Crippen LogP contribution is 2.21. The summed E-state index contributed by atoms with van der Waals surface area (Å²) in [7, 11) is 0. The van der Waals surface area contributed by atoms with Gasteiger partial charge in [-0.15, -0.1) is 0 Å². The summed E-state index contributed by atoms with van der Waals surface area (Å²) in [5, 5.41) is 8.91. The van der Waals surface area contributed by atoms with Crippen molar-refractivity contribution in [3.63, 3.8) is 0 Å². The van der Waals surface area contributed by atoms with Gasteiger partial charge in [-0.3, -0.25) is 0 Å². The summed E-state index contributed by atoms with van der Waals surface area (Å²) in [6.45, 7) is 4.12. The Hall–Kier alpha value is -1.34. The summed E-state index contributed by atoms with van der Waals surface area (Å²) in [6, 6.07) is 8.07. The molecule has 0 aliphatic heterocycles. The maximum Gasteiger partial charge on any atom is 0.0681 e. The topological polar surface area (TPSA) is 20.2 Å². The van der Waals surface area contributed by atoms with Crippen molar-refractivity contribution in [1.82, 2.24) is 0 Å². The lowest BCUT2D eigenvalue weighted by molar-refractivity contribution is 0.282. The highest BCUT2D eigenvalue weighted by atomic mass is 16.3. The predicted molar refractivity (Wildman–Crippen MR) is 70.1 cm³/mol. The van der Waals surface area contributed by atoms with E-state index in [2.05, 4.69) is 30.4 Å². The molecule has 0 aromatic heterocycles. The largest absolute Gasteiger partial charge is 0.392 e. The van der Waals surface area contributed by atoms with Crippen LogP contribution in [0.5, 0.6) is 0 Å². The Balaban J connectivity index is 0.000000606. The molecule has 1 N–H and O–H groups in total. The molecule has 1 aliphatic rings. The van der Waals surface area contributed by atoms with Crippen LogP contribution in [0.25, 0.3) is 5.57 Å². The molecule has 0 fully saturated rings. The van der Waals surface area contributed by atoms with Gasteiger partial charge in [-0.25, -0.2) is 0 Å². The maximum absolute atomic E-state index is 8.91. The summed E-state index contributed by atoms with van der Waals surface area (Å²) in [5.74, 6) is 0. The zero-order valence-corrected chi connectivity index (χ0v) is 10.1. The van der Waals surface area contributed by atoms with Gasteiger partial charge in [-0.05, 0) is 29.5 Å². The Morgan fingerprint density at radius 3 is 2.25 bits per heavy atom. The number of hydrogen-bond acceptors (Lipinski definition) is 1. The van der Waals surface area contributed by atoms with Crippen molar-refractivity contribution in [3.8, 4) is 0 Å². The number of aliphatic hydroxyl groups excluding tert-OH is 1. The fraction of sp³-hybridized carbons (Fsp3) is 0.333. The monoisotopic (exact) mass is 216 g/mol. The molecule has 1 aliphatic carbocycles. The van der Waals surface area contributed by atoms with Crippen LogP contribution in [0.4, 0.5) is 0 Å². The summed E-state index contributed by atoms with van der Waals surface area (Å²) in [4.78, 5) is 0. The molecular formula is C15H20O. The zero-order valence-electron chi connectivity index (χ0n) is 10.1. The highest BCUT2D eigenvalue weighted by Gasteiger charge is 2.00.